The number of benzene rings is 2. The Kier molecular flexibility index (Phi) is 5.22. The highest BCUT2D eigenvalue weighted by Gasteiger charge is 2.08. The van der Waals surface area contributed by atoms with Crippen LogP contribution in [-0.2, 0) is 0 Å². The number of aromatic nitrogens is 2. The molecule has 6 nitrogen and oxygen atoms in total. The Labute approximate surface area is 153 Å². The summed E-state index contributed by atoms with van der Waals surface area (Å²) in [6, 6.07) is 15.6. The lowest BCUT2D eigenvalue weighted by Crippen LogP contribution is -2.03. The van der Waals surface area contributed by atoms with Gasteiger partial charge in [0.25, 0.3) is 0 Å². The molecule has 0 atom stereocenters. The summed E-state index contributed by atoms with van der Waals surface area (Å²) in [7, 11) is 3.22. The first-order valence-electron chi connectivity index (χ1n) is 8.26. The van der Waals surface area contributed by atoms with E-state index in [4.69, 9.17) is 9.47 Å². The molecule has 0 aliphatic heterocycles. The minimum absolute atomic E-state index is 0.508. The largest absolute Gasteiger partial charge is 0.493 e. The van der Waals surface area contributed by atoms with Gasteiger partial charge in [-0.2, -0.15) is 4.98 Å². The van der Waals surface area contributed by atoms with Crippen LogP contribution in [0.4, 0.5) is 23.1 Å². The minimum Gasteiger partial charge on any atom is -0.493 e. The van der Waals surface area contributed by atoms with E-state index in [-0.39, 0.29) is 0 Å². The summed E-state index contributed by atoms with van der Waals surface area (Å²) in [4.78, 5) is 9.01. The maximum atomic E-state index is 5.34. The molecular formula is C20H22N4O2. The number of hydrogen-bond donors (Lipinski definition) is 2. The molecule has 0 bridgehead atoms. The number of nitrogens with one attached hydrogen (secondary N) is 2. The molecule has 0 aliphatic rings. The monoisotopic (exact) mass is 350 g/mol. The fourth-order valence-electron chi connectivity index (χ4n) is 2.58. The molecule has 6 heteroatoms. The van der Waals surface area contributed by atoms with Crippen LogP contribution in [0.15, 0.2) is 48.5 Å². The number of ether oxygens (including phenoxy) is 2. The summed E-state index contributed by atoms with van der Waals surface area (Å²) in [5, 5.41) is 6.56. The zero-order chi connectivity index (χ0) is 18.5. The number of methoxy groups -OCH3 is 2. The number of rotatable bonds is 6. The average Bonchev–Trinajstić information content (AvgIpc) is 2.63. The van der Waals surface area contributed by atoms with Gasteiger partial charge in [-0.15, -0.1) is 0 Å². The van der Waals surface area contributed by atoms with Crippen LogP contribution in [0.2, 0.25) is 0 Å². The van der Waals surface area contributed by atoms with E-state index >= 15 is 0 Å². The molecule has 0 spiro atoms. The molecule has 2 aromatic carbocycles. The standard InChI is InChI=1S/C20H22N4O2/c1-13-7-5-6-8-16(13)23-19-11-14(2)21-20(24-19)22-15-9-10-17(25-3)18(12-15)26-4/h5-12H,1-4H3,(H2,21,22,23,24). The van der Waals surface area contributed by atoms with E-state index in [0.29, 0.717) is 17.4 Å². The zero-order valence-corrected chi connectivity index (χ0v) is 15.3. The van der Waals surface area contributed by atoms with Gasteiger partial charge in [-0.1, -0.05) is 18.2 Å². The summed E-state index contributed by atoms with van der Waals surface area (Å²) >= 11 is 0. The predicted molar refractivity (Wildman–Crippen MR) is 104 cm³/mol. The summed E-state index contributed by atoms with van der Waals surface area (Å²) < 4.78 is 10.6. The quantitative estimate of drug-likeness (QED) is 0.677. The van der Waals surface area contributed by atoms with Crippen LogP contribution in [-0.4, -0.2) is 24.2 Å². The average molecular weight is 350 g/mol. The molecule has 134 valence electrons. The van der Waals surface area contributed by atoms with Gasteiger partial charge in [0.15, 0.2) is 11.5 Å². The van der Waals surface area contributed by atoms with Crippen LogP contribution in [0, 0.1) is 13.8 Å². The van der Waals surface area contributed by atoms with E-state index < -0.39 is 0 Å². The van der Waals surface area contributed by atoms with E-state index in [1.54, 1.807) is 14.2 Å². The summed E-state index contributed by atoms with van der Waals surface area (Å²) in [5.41, 5.74) is 3.84. The maximum absolute atomic E-state index is 5.34. The number of aryl methyl sites for hydroxylation is 2. The molecule has 3 aromatic rings. The van der Waals surface area contributed by atoms with Gasteiger partial charge in [-0.05, 0) is 37.6 Å². The van der Waals surface area contributed by atoms with Crippen LogP contribution in [0.1, 0.15) is 11.3 Å². The third-order valence-corrected chi connectivity index (χ3v) is 3.90. The highest BCUT2D eigenvalue weighted by atomic mass is 16.5. The van der Waals surface area contributed by atoms with Crippen molar-refractivity contribution in [3.8, 4) is 11.5 Å². The molecule has 1 heterocycles. The molecule has 26 heavy (non-hydrogen) atoms. The van der Waals surface area contributed by atoms with E-state index in [0.717, 1.165) is 28.5 Å². The number of anilines is 4. The smallest absolute Gasteiger partial charge is 0.229 e. The molecule has 2 N–H and O–H groups in total. The van der Waals surface area contributed by atoms with Gasteiger partial charge in [0.2, 0.25) is 5.95 Å². The lowest BCUT2D eigenvalue weighted by atomic mass is 10.2. The van der Waals surface area contributed by atoms with E-state index in [2.05, 4.69) is 33.6 Å². The molecule has 0 saturated heterocycles. The van der Waals surface area contributed by atoms with E-state index in [9.17, 15) is 0 Å². The molecule has 3 rings (SSSR count). The highest BCUT2D eigenvalue weighted by molar-refractivity contribution is 5.64. The van der Waals surface area contributed by atoms with Crippen molar-refractivity contribution in [3.05, 3.63) is 59.8 Å². The molecule has 0 radical (unpaired) electrons. The Morgan fingerprint density at radius 1 is 0.808 bits per heavy atom. The van der Waals surface area contributed by atoms with Crippen molar-refractivity contribution < 1.29 is 9.47 Å². The summed E-state index contributed by atoms with van der Waals surface area (Å²) in [6.07, 6.45) is 0. The molecule has 0 aliphatic carbocycles. The van der Waals surface area contributed by atoms with Crippen molar-refractivity contribution >= 4 is 23.1 Å². The third kappa shape index (κ3) is 4.03. The molecule has 1 aromatic heterocycles. The first kappa shape index (κ1) is 17.5. The Hall–Kier alpha value is -3.28. The van der Waals surface area contributed by atoms with Gasteiger partial charge >= 0.3 is 0 Å². The minimum atomic E-state index is 0.508. The molecule has 0 unspecified atom stereocenters. The maximum Gasteiger partial charge on any atom is 0.229 e. The van der Waals surface area contributed by atoms with Crippen molar-refractivity contribution in [2.24, 2.45) is 0 Å². The fourth-order valence-corrected chi connectivity index (χ4v) is 2.58. The Morgan fingerprint density at radius 2 is 1.58 bits per heavy atom. The van der Waals surface area contributed by atoms with Crippen molar-refractivity contribution in [1.29, 1.82) is 0 Å². The van der Waals surface area contributed by atoms with Crippen LogP contribution in [0.5, 0.6) is 11.5 Å². The van der Waals surface area contributed by atoms with Crippen molar-refractivity contribution in [1.82, 2.24) is 9.97 Å². The predicted octanol–water partition coefficient (Wildman–Crippen LogP) is 4.60. The van der Waals surface area contributed by atoms with E-state index in [1.807, 2.05) is 49.4 Å². The second-order valence-corrected chi connectivity index (χ2v) is 5.85. The van der Waals surface area contributed by atoms with Gasteiger partial charge in [0, 0.05) is 29.2 Å². The number of hydrogen-bond acceptors (Lipinski definition) is 6. The van der Waals surface area contributed by atoms with Crippen molar-refractivity contribution in [2.75, 3.05) is 24.9 Å². The SMILES string of the molecule is COc1ccc(Nc2nc(C)cc(Nc3ccccc3C)n2)cc1OC. The Balaban J connectivity index is 1.85. The topological polar surface area (TPSA) is 68.3 Å². The second-order valence-electron chi connectivity index (χ2n) is 5.85. The first-order chi connectivity index (χ1) is 12.6. The van der Waals surface area contributed by atoms with E-state index in [1.165, 1.54) is 0 Å². The second kappa shape index (κ2) is 7.74. The van der Waals surface area contributed by atoms with Crippen LogP contribution >= 0.6 is 0 Å². The van der Waals surface area contributed by atoms with Crippen molar-refractivity contribution in [3.63, 3.8) is 0 Å². The molecular weight excluding hydrogens is 328 g/mol. The molecule has 0 amide bonds. The van der Waals surface area contributed by atoms with Crippen LogP contribution in [0.25, 0.3) is 0 Å². The van der Waals surface area contributed by atoms with Gasteiger partial charge in [0.1, 0.15) is 5.82 Å². The normalized spacial score (nSPS) is 10.3. The first-order valence-corrected chi connectivity index (χ1v) is 8.26. The summed E-state index contributed by atoms with van der Waals surface area (Å²) in [5.74, 6) is 2.55. The lowest BCUT2D eigenvalue weighted by Gasteiger charge is -2.13. The third-order valence-electron chi connectivity index (χ3n) is 3.90. The van der Waals surface area contributed by atoms with Gasteiger partial charge in [-0.25, -0.2) is 4.98 Å². The number of para-hydroxylation sites is 1. The highest BCUT2D eigenvalue weighted by Crippen LogP contribution is 2.31. The van der Waals surface area contributed by atoms with Gasteiger partial charge in [0.05, 0.1) is 14.2 Å². The lowest BCUT2D eigenvalue weighted by molar-refractivity contribution is 0.355. The summed E-state index contributed by atoms with van der Waals surface area (Å²) in [6.45, 7) is 3.99. The molecule has 0 fully saturated rings. The fraction of sp³-hybridized carbons (Fsp3) is 0.200. The zero-order valence-electron chi connectivity index (χ0n) is 15.3. The molecule has 0 saturated carbocycles. The Bertz CT molecular complexity index is 912. The van der Waals surface area contributed by atoms with Crippen LogP contribution < -0.4 is 20.1 Å². The van der Waals surface area contributed by atoms with Gasteiger partial charge in [-0.3, -0.25) is 0 Å². The van der Waals surface area contributed by atoms with Crippen molar-refractivity contribution in [2.45, 2.75) is 13.8 Å². The Morgan fingerprint density at radius 3 is 2.31 bits per heavy atom. The number of nitrogens with zero attached hydrogens (tertiary/aromatic N) is 2. The van der Waals surface area contributed by atoms with Gasteiger partial charge < -0.3 is 20.1 Å². The van der Waals surface area contributed by atoms with Crippen LogP contribution in [0.3, 0.4) is 0 Å².